The molecule has 4 aromatic rings. The van der Waals surface area contributed by atoms with Crippen molar-refractivity contribution in [1.82, 2.24) is 0 Å². The van der Waals surface area contributed by atoms with E-state index < -0.39 is 46.2 Å². The molecule has 164 valence electrons. The second-order valence-electron chi connectivity index (χ2n) is 6.15. The van der Waals surface area contributed by atoms with Gasteiger partial charge >= 0.3 is 49.0 Å². The number of carbonyl (C=O) groups is 2. The minimum absolute atomic E-state index is 0. The number of hydrogen-bond acceptors (Lipinski definition) is 12. The molecule has 0 atom stereocenters. The van der Waals surface area contributed by atoms with Crippen molar-refractivity contribution < 1.29 is 49.1 Å². The van der Waals surface area contributed by atoms with Crippen LogP contribution in [0.5, 0.6) is 23.0 Å². The molecule has 0 saturated heterocycles. The zero-order valence-corrected chi connectivity index (χ0v) is 18.4. The summed E-state index contributed by atoms with van der Waals surface area (Å²) in [4.78, 5) is 43.3. The van der Waals surface area contributed by atoms with Crippen LogP contribution in [0.2, 0.25) is 0 Å². The van der Waals surface area contributed by atoms with Crippen LogP contribution in [0, 0.1) is 0 Å². The maximum Gasteiger partial charge on any atom is 2.00 e. The number of fused-ring (bicyclic) bond motifs is 2. The number of phenols is 4. The number of aromatic carboxylic acids is 2. The van der Waals surface area contributed by atoms with Crippen LogP contribution in [0.4, 0.5) is 0 Å². The fourth-order valence-electron chi connectivity index (χ4n) is 2.75. The van der Waals surface area contributed by atoms with Crippen LogP contribution in [0.1, 0.15) is 20.7 Å². The predicted octanol–water partition coefficient (Wildman–Crippen LogP) is -1.25. The van der Waals surface area contributed by atoms with Crippen LogP contribution < -0.4 is 21.5 Å². The molecule has 0 unspecified atom stereocenters. The van der Waals surface area contributed by atoms with Crippen LogP contribution in [-0.4, -0.2) is 70.1 Å². The van der Waals surface area contributed by atoms with Gasteiger partial charge < -0.3 is 49.1 Å². The first kappa shape index (κ1) is 25.5. The van der Waals surface area contributed by atoms with Gasteiger partial charge in [-0.2, -0.15) is 0 Å². The molecule has 4 rings (SSSR count). The Kier molecular flexibility index (Phi) is 7.59. The zero-order valence-electron chi connectivity index (χ0n) is 16.2. The molecule has 0 fully saturated rings. The molecule has 0 saturated carbocycles. The summed E-state index contributed by atoms with van der Waals surface area (Å²) in [6.07, 6.45) is 0. The average Bonchev–Trinajstić information content (AvgIpc) is 2.73. The number of rotatable bonds is 2. The summed E-state index contributed by atoms with van der Waals surface area (Å²) in [5.41, 5.74) is -3.03. The van der Waals surface area contributed by atoms with E-state index in [-0.39, 0.29) is 70.8 Å². The molecule has 12 nitrogen and oxygen atoms in total. The van der Waals surface area contributed by atoms with Crippen molar-refractivity contribution in [2.75, 3.05) is 0 Å². The molecule has 13 heteroatoms. The van der Waals surface area contributed by atoms with Crippen molar-refractivity contribution in [3.8, 4) is 23.0 Å². The predicted molar refractivity (Wildman–Crippen MR) is 106 cm³/mol. The van der Waals surface area contributed by atoms with Crippen molar-refractivity contribution in [2.24, 2.45) is 0 Å². The third-order valence-corrected chi connectivity index (χ3v) is 4.16. The number of benzene rings is 2. The molecule has 0 amide bonds. The van der Waals surface area contributed by atoms with Gasteiger partial charge in [-0.1, -0.05) is 0 Å². The van der Waals surface area contributed by atoms with Gasteiger partial charge in [-0.05, 0) is 24.3 Å². The summed E-state index contributed by atoms with van der Waals surface area (Å²) in [6, 6.07) is 6.01. The van der Waals surface area contributed by atoms with Crippen molar-refractivity contribution >= 4 is 71.6 Å². The van der Waals surface area contributed by atoms with Crippen LogP contribution >= 0.6 is 0 Å². The molecular formula is C20H10CaO12. The summed E-state index contributed by atoms with van der Waals surface area (Å²) < 4.78 is 9.21. The number of hydrogen-bond donors (Lipinski definition) is 4. The monoisotopic (exact) mass is 482 g/mol. The van der Waals surface area contributed by atoms with Gasteiger partial charge in [0.15, 0.2) is 22.7 Å². The summed E-state index contributed by atoms with van der Waals surface area (Å²) in [5, 5.41) is 58.7. The van der Waals surface area contributed by atoms with E-state index in [1.54, 1.807) is 0 Å². The van der Waals surface area contributed by atoms with E-state index in [0.29, 0.717) is 0 Å². The number of carboxylic acids is 2. The summed E-state index contributed by atoms with van der Waals surface area (Å²) >= 11 is 0. The van der Waals surface area contributed by atoms with Crippen LogP contribution in [-0.2, 0) is 0 Å². The van der Waals surface area contributed by atoms with E-state index in [0.717, 1.165) is 24.3 Å². The summed E-state index contributed by atoms with van der Waals surface area (Å²) in [5.74, 6) is -5.85. The van der Waals surface area contributed by atoms with Gasteiger partial charge in [-0.25, -0.2) is 9.59 Å². The Hall–Kier alpha value is -3.74. The van der Waals surface area contributed by atoms with E-state index >= 15 is 0 Å². The largest absolute Gasteiger partial charge is 2.00 e. The molecule has 0 bridgehead atoms. The summed E-state index contributed by atoms with van der Waals surface area (Å²) in [6.45, 7) is 0. The minimum Gasteiger partial charge on any atom is -0.545 e. The average molecular weight is 482 g/mol. The normalized spacial score (nSPS) is 10.2. The first-order valence-electron chi connectivity index (χ1n) is 8.41. The number of carbonyl (C=O) groups excluding carboxylic acids is 2. The first-order chi connectivity index (χ1) is 15.0. The third-order valence-electron chi connectivity index (χ3n) is 4.16. The van der Waals surface area contributed by atoms with Gasteiger partial charge in [0, 0.05) is 34.0 Å². The number of phenolic OH excluding ortho intramolecular Hbond substituents is 4. The second kappa shape index (κ2) is 9.81. The van der Waals surface area contributed by atoms with E-state index in [2.05, 4.69) is 8.83 Å². The SMILES string of the molecule is O=C([O-])c1cc(O)c(O)c2oc(=O)ccc12.O=C([O-])c1cc(O)c(O)c2oc(=O)ccc12.[Ca+2]. The third kappa shape index (κ3) is 5.03. The Morgan fingerprint density at radius 2 is 1.00 bits per heavy atom. The standard InChI is InChI=1S/2C10H6O6.Ca/c2*11-6-3-5(10(14)15)4-1-2-7(12)16-9(4)8(6)13;/h2*1-3,11,13H,(H,14,15);/q;;+2/p-2. The Morgan fingerprint density at radius 1 is 0.667 bits per heavy atom. The molecule has 0 spiro atoms. The molecule has 2 heterocycles. The van der Waals surface area contributed by atoms with E-state index in [1.165, 1.54) is 12.1 Å². The summed E-state index contributed by atoms with van der Waals surface area (Å²) in [7, 11) is 0. The quantitative estimate of drug-likeness (QED) is 0.150. The Balaban J connectivity index is 0.000000227. The molecule has 0 aliphatic rings. The molecule has 0 aliphatic carbocycles. The molecular weight excluding hydrogens is 472 g/mol. The molecule has 2 aromatic heterocycles. The van der Waals surface area contributed by atoms with Crippen molar-refractivity contribution in [1.29, 1.82) is 0 Å². The fraction of sp³-hybridized carbons (Fsp3) is 0. The number of aromatic hydroxyl groups is 4. The topological polar surface area (TPSA) is 222 Å². The molecule has 4 N–H and O–H groups in total. The number of carboxylic acid groups (broad SMARTS) is 2. The minimum atomic E-state index is -1.55. The molecule has 33 heavy (non-hydrogen) atoms. The fourth-order valence-corrected chi connectivity index (χ4v) is 2.75. The van der Waals surface area contributed by atoms with Crippen LogP contribution in [0.3, 0.4) is 0 Å². The first-order valence-corrected chi connectivity index (χ1v) is 8.41. The van der Waals surface area contributed by atoms with Crippen LogP contribution in [0.25, 0.3) is 21.9 Å². The van der Waals surface area contributed by atoms with Gasteiger partial charge in [-0.3, -0.25) is 0 Å². The van der Waals surface area contributed by atoms with Crippen molar-refractivity contribution in [3.05, 3.63) is 68.4 Å². The van der Waals surface area contributed by atoms with E-state index in [9.17, 15) is 49.8 Å². The Labute approximate surface area is 211 Å². The van der Waals surface area contributed by atoms with Crippen molar-refractivity contribution in [3.63, 3.8) is 0 Å². The van der Waals surface area contributed by atoms with Crippen LogP contribution in [0.15, 0.2) is 54.8 Å². The Bertz CT molecular complexity index is 1400. The second-order valence-corrected chi connectivity index (χ2v) is 6.15. The van der Waals surface area contributed by atoms with Gasteiger partial charge in [0.25, 0.3) is 0 Å². The van der Waals surface area contributed by atoms with Gasteiger partial charge in [0.05, 0.1) is 11.9 Å². The van der Waals surface area contributed by atoms with Gasteiger partial charge in [0.2, 0.25) is 11.5 Å². The van der Waals surface area contributed by atoms with E-state index in [4.69, 9.17) is 0 Å². The Morgan fingerprint density at radius 3 is 1.30 bits per heavy atom. The van der Waals surface area contributed by atoms with Crippen molar-refractivity contribution in [2.45, 2.75) is 0 Å². The smallest absolute Gasteiger partial charge is 0.545 e. The van der Waals surface area contributed by atoms with Gasteiger partial charge in [-0.15, -0.1) is 0 Å². The molecule has 2 aromatic carbocycles. The van der Waals surface area contributed by atoms with Gasteiger partial charge in [0.1, 0.15) is 0 Å². The zero-order chi connectivity index (χ0) is 23.7. The molecule has 0 radical (unpaired) electrons. The maximum absolute atomic E-state index is 10.9. The maximum atomic E-state index is 10.9. The molecule has 0 aliphatic heterocycles. The van der Waals surface area contributed by atoms with E-state index in [1.807, 2.05) is 0 Å².